The van der Waals surface area contributed by atoms with Gasteiger partial charge in [0.25, 0.3) is 11.8 Å². The van der Waals surface area contributed by atoms with Crippen molar-refractivity contribution in [2.75, 3.05) is 18.4 Å². The van der Waals surface area contributed by atoms with Crippen molar-refractivity contribution in [2.24, 2.45) is 0 Å². The van der Waals surface area contributed by atoms with Crippen molar-refractivity contribution in [3.63, 3.8) is 0 Å². The van der Waals surface area contributed by atoms with Crippen LogP contribution >= 0.6 is 0 Å². The second-order valence-electron chi connectivity index (χ2n) is 6.56. The van der Waals surface area contributed by atoms with Crippen LogP contribution in [-0.2, 0) is 0 Å². The number of aryl methyl sites for hydroxylation is 2. The number of piperidine rings is 1. The summed E-state index contributed by atoms with van der Waals surface area (Å²) in [6, 6.07) is 9.09. The predicted molar refractivity (Wildman–Crippen MR) is 97.9 cm³/mol. The number of carbonyl (C=O) groups excluding carboxylic acids is 2. The molecule has 2 heterocycles. The summed E-state index contributed by atoms with van der Waals surface area (Å²) in [5.41, 5.74) is 3.66. The van der Waals surface area contributed by atoms with Gasteiger partial charge in [0.2, 0.25) is 0 Å². The van der Waals surface area contributed by atoms with E-state index in [9.17, 15) is 9.59 Å². The van der Waals surface area contributed by atoms with Crippen molar-refractivity contribution < 1.29 is 9.59 Å². The lowest BCUT2D eigenvalue weighted by Crippen LogP contribution is -2.35. The van der Waals surface area contributed by atoms with Crippen molar-refractivity contribution in [2.45, 2.75) is 33.1 Å². The second kappa shape index (κ2) is 7.47. The fraction of sp³-hybridized carbons (Fsp3) is 0.350. The van der Waals surface area contributed by atoms with E-state index in [2.05, 4.69) is 10.3 Å². The molecule has 1 aliphatic rings. The molecule has 0 bridgehead atoms. The maximum Gasteiger partial charge on any atom is 0.274 e. The van der Waals surface area contributed by atoms with E-state index >= 15 is 0 Å². The van der Waals surface area contributed by atoms with Gasteiger partial charge in [-0.3, -0.25) is 14.6 Å². The van der Waals surface area contributed by atoms with E-state index in [0.29, 0.717) is 5.56 Å². The minimum absolute atomic E-state index is 0.0253. The molecule has 5 heteroatoms. The molecule has 2 amide bonds. The Hall–Kier alpha value is -2.69. The molecule has 1 saturated heterocycles. The molecule has 25 heavy (non-hydrogen) atoms. The van der Waals surface area contributed by atoms with Crippen LogP contribution < -0.4 is 5.32 Å². The zero-order valence-corrected chi connectivity index (χ0v) is 14.7. The summed E-state index contributed by atoms with van der Waals surface area (Å²) < 4.78 is 0. The number of hydrogen-bond acceptors (Lipinski definition) is 3. The zero-order chi connectivity index (χ0) is 17.8. The first-order valence-electron chi connectivity index (χ1n) is 8.68. The first-order chi connectivity index (χ1) is 12.0. The van der Waals surface area contributed by atoms with E-state index in [-0.39, 0.29) is 17.5 Å². The Morgan fingerprint density at radius 1 is 1.04 bits per heavy atom. The molecule has 1 aromatic heterocycles. The first kappa shape index (κ1) is 17.1. The van der Waals surface area contributed by atoms with E-state index < -0.39 is 0 Å². The minimum atomic E-state index is -0.305. The van der Waals surface area contributed by atoms with Crippen LogP contribution in [0.25, 0.3) is 0 Å². The Kier molecular flexibility index (Phi) is 5.12. The Bertz CT molecular complexity index is 795. The number of carbonyl (C=O) groups is 2. The molecule has 1 aromatic carbocycles. The highest BCUT2D eigenvalue weighted by Crippen LogP contribution is 2.18. The molecule has 2 aromatic rings. The highest BCUT2D eigenvalue weighted by molar-refractivity contribution is 6.05. The first-order valence-corrected chi connectivity index (χ1v) is 8.68. The summed E-state index contributed by atoms with van der Waals surface area (Å²) >= 11 is 0. The summed E-state index contributed by atoms with van der Waals surface area (Å²) in [5.74, 6) is -0.331. The Labute approximate surface area is 148 Å². The Morgan fingerprint density at radius 2 is 1.80 bits per heavy atom. The van der Waals surface area contributed by atoms with Crippen LogP contribution in [0.2, 0.25) is 0 Å². The molecule has 0 spiro atoms. The summed E-state index contributed by atoms with van der Waals surface area (Å²) in [5, 5.41) is 2.87. The summed E-state index contributed by atoms with van der Waals surface area (Å²) in [4.78, 5) is 31.1. The molecule has 1 N–H and O–H groups in total. The van der Waals surface area contributed by atoms with Crippen molar-refractivity contribution in [3.8, 4) is 0 Å². The highest BCUT2D eigenvalue weighted by Gasteiger charge is 2.19. The van der Waals surface area contributed by atoms with Crippen LogP contribution in [0.3, 0.4) is 0 Å². The monoisotopic (exact) mass is 337 g/mol. The molecule has 0 saturated carbocycles. The van der Waals surface area contributed by atoms with Gasteiger partial charge in [-0.25, -0.2) is 0 Å². The third-order valence-electron chi connectivity index (χ3n) is 4.51. The van der Waals surface area contributed by atoms with E-state index in [1.165, 1.54) is 12.6 Å². The molecular weight excluding hydrogens is 314 g/mol. The van der Waals surface area contributed by atoms with Crippen molar-refractivity contribution in [1.82, 2.24) is 9.88 Å². The van der Waals surface area contributed by atoms with Crippen molar-refractivity contribution in [1.29, 1.82) is 0 Å². The lowest BCUT2D eigenvalue weighted by molar-refractivity contribution is 0.0724. The molecular formula is C20H23N3O2. The number of nitrogens with one attached hydrogen (secondary N) is 1. The van der Waals surface area contributed by atoms with Gasteiger partial charge in [-0.1, -0.05) is 17.7 Å². The second-order valence-corrected chi connectivity index (χ2v) is 6.56. The number of likely N-dealkylation sites (tertiary alicyclic amines) is 1. The average molecular weight is 337 g/mol. The number of nitrogens with zero attached hydrogens (tertiary/aromatic N) is 2. The number of pyridine rings is 1. The number of amides is 2. The lowest BCUT2D eigenvalue weighted by Gasteiger charge is -2.26. The van der Waals surface area contributed by atoms with Gasteiger partial charge in [0, 0.05) is 30.5 Å². The smallest absolute Gasteiger partial charge is 0.274 e. The lowest BCUT2D eigenvalue weighted by atomic mass is 10.1. The van der Waals surface area contributed by atoms with Crippen LogP contribution in [0, 0.1) is 13.8 Å². The quantitative estimate of drug-likeness (QED) is 0.931. The highest BCUT2D eigenvalue weighted by atomic mass is 16.2. The van der Waals surface area contributed by atoms with Gasteiger partial charge in [0.15, 0.2) is 0 Å². The number of rotatable bonds is 3. The summed E-state index contributed by atoms with van der Waals surface area (Å²) in [6.45, 7) is 5.53. The summed E-state index contributed by atoms with van der Waals surface area (Å²) in [7, 11) is 0. The van der Waals surface area contributed by atoms with Crippen LogP contribution in [0.15, 0.2) is 36.5 Å². The maximum absolute atomic E-state index is 12.6. The van der Waals surface area contributed by atoms with Crippen molar-refractivity contribution >= 4 is 17.5 Å². The van der Waals surface area contributed by atoms with E-state index in [1.54, 1.807) is 12.1 Å². The molecule has 1 aliphatic heterocycles. The van der Waals surface area contributed by atoms with Gasteiger partial charge in [0.05, 0.1) is 0 Å². The number of hydrogen-bond donors (Lipinski definition) is 1. The third kappa shape index (κ3) is 4.05. The van der Waals surface area contributed by atoms with Crippen LogP contribution in [0.5, 0.6) is 0 Å². The Morgan fingerprint density at radius 3 is 2.52 bits per heavy atom. The van der Waals surface area contributed by atoms with E-state index in [4.69, 9.17) is 0 Å². The number of aromatic nitrogens is 1. The van der Waals surface area contributed by atoms with Gasteiger partial charge in [0.1, 0.15) is 5.69 Å². The normalized spacial score (nSPS) is 14.2. The SMILES string of the molecule is Cc1ccc(NC(=O)c2cc(C(=O)N3CCCCC3)ccn2)c(C)c1. The molecule has 0 aliphatic carbocycles. The molecule has 5 nitrogen and oxygen atoms in total. The van der Waals surface area contributed by atoms with Gasteiger partial charge >= 0.3 is 0 Å². The predicted octanol–water partition coefficient (Wildman–Crippen LogP) is 3.58. The molecule has 130 valence electrons. The summed E-state index contributed by atoms with van der Waals surface area (Å²) in [6.07, 6.45) is 4.77. The number of benzene rings is 1. The topological polar surface area (TPSA) is 62.3 Å². The van der Waals surface area contributed by atoms with Crippen LogP contribution in [-0.4, -0.2) is 34.8 Å². The van der Waals surface area contributed by atoms with Crippen LogP contribution in [0.1, 0.15) is 51.2 Å². The van der Waals surface area contributed by atoms with Gasteiger partial charge in [-0.05, 0) is 56.9 Å². The Balaban J connectivity index is 1.76. The standard InChI is InChI=1S/C20H23N3O2/c1-14-6-7-17(15(2)12-14)22-19(24)18-13-16(8-9-21-18)20(25)23-10-4-3-5-11-23/h6-9,12-13H,3-5,10-11H2,1-2H3,(H,22,24). The molecule has 0 radical (unpaired) electrons. The van der Waals surface area contributed by atoms with Gasteiger partial charge in [-0.2, -0.15) is 0 Å². The fourth-order valence-corrected chi connectivity index (χ4v) is 3.11. The van der Waals surface area contributed by atoms with Gasteiger partial charge < -0.3 is 10.2 Å². The third-order valence-corrected chi connectivity index (χ3v) is 4.51. The molecule has 0 unspecified atom stereocenters. The number of anilines is 1. The molecule has 3 rings (SSSR count). The zero-order valence-electron chi connectivity index (χ0n) is 14.7. The van der Waals surface area contributed by atoms with Crippen LogP contribution in [0.4, 0.5) is 5.69 Å². The fourth-order valence-electron chi connectivity index (χ4n) is 3.11. The van der Waals surface area contributed by atoms with E-state index in [0.717, 1.165) is 42.7 Å². The largest absolute Gasteiger partial charge is 0.339 e. The average Bonchev–Trinajstić information content (AvgIpc) is 2.64. The maximum atomic E-state index is 12.6. The van der Waals surface area contributed by atoms with Crippen molar-refractivity contribution in [3.05, 3.63) is 58.9 Å². The minimum Gasteiger partial charge on any atom is -0.339 e. The van der Waals surface area contributed by atoms with E-state index in [1.807, 2.05) is 36.9 Å². The van der Waals surface area contributed by atoms with Gasteiger partial charge in [-0.15, -0.1) is 0 Å². The molecule has 1 fully saturated rings. The molecule has 0 atom stereocenters.